The fourth-order valence-electron chi connectivity index (χ4n) is 1.21. The van der Waals surface area contributed by atoms with Crippen LogP contribution in [0.5, 0.6) is 0 Å². The second-order valence-electron chi connectivity index (χ2n) is 3.07. The van der Waals surface area contributed by atoms with Crippen LogP contribution in [0, 0.1) is 0 Å². The molecule has 0 radical (unpaired) electrons. The van der Waals surface area contributed by atoms with Crippen molar-refractivity contribution in [3.63, 3.8) is 0 Å². The standard InChI is InChI=1S/C9H13N5S/c1-10-8-12-9(14-13-8)11-4-2-7-3-5-15-6-7/h3,5-6H,2,4H2,1H3,(H3,10,11,12,13,14). The molecule has 0 fully saturated rings. The summed E-state index contributed by atoms with van der Waals surface area (Å²) in [4.78, 5) is 4.16. The number of nitrogens with one attached hydrogen (secondary N) is 3. The van der Waals surface area contributed by atoms with Crippen LogP contribution in [-0.4, -0.2) is 28.8 Å². The minimum absolute atomic E-state index is 0.605. The zero-order valence-corrected chi connectivity index (χ0v) is 9.27. The molecule has 6 heteroatoms. The number of rotatable bonds is 5. The van der Waals surface area contributed by atoms with Crippen LogP contribution in [0.3, 0.4) is 0 Å². The second kappa shape index (κ2) is 4.79. The molecule has 0 aliphatic carbocycles. The number of H-pyrrole nitrogens is 1. The maximum atomic E-state index is 4.16. The Bertz CT molecular complexity index is 394. The lowest BCUT2D eigenvalue weighted by Crippen LogP contribution is -2.05. The zero-order valence-electron chi connectivity index (χ0n) is 8.45. The van der Waals surface area contributed by atoms with Gasteiger partial charge in [-0.15, -0.1) is 5.10 Å². The maximum Gasteiger partial charge on any atom is 0.243 e. The molecule has 0 saturated carbocycles. The van der Waals surface area contributed by atoms with E-state index in [9.17, 15) is 0 Å². The lowest BCUT2D eigenvalue weighted by molar-refractivity contribution is 0.989. The first-order valence-electron chi connectivity index (χ1n) is 4.73. The summed E-state index contributed by atoms with van der Waals surface area (Å²) in [6.45, 7) is 0.856. The van der Waals surface area contributed by atoms with Crippen molar-refractivity contribution in [3.8, 4) is 0 Å². The number of aromatic amines is 1. The summed E-state index contributed by atoms with van der Waals surface area (Å²) >= 11 is 1.72. The Morgan fingerprint density at radius 1 is 1.53 bits per heavy atom. The molecule has 0 amide bonds. The minimum Gasteiger partial charge on any atom is -0.356 e. The lowest BCUT2D eigenvalue weighted by Gasteiger charge is -1.99. The maximum absolute atomic E-state index is 4.16. The molecule has 2 rings (SSSR count). The third-order valence-corrected chi connectivity index (χ3v) is 2.73. The van der Waals surface area contributed by atoms with Gasteiger partial charge >= 0.3 is 0 Å². The summed E-state index contributed by atoms with van der Waals surface area (Å²) in [7, 11) is 1.79. The summed E-state index contributed by atoms with van der Waals surface area (Å²) in [6.07, 6.45) is 0.999. The molecule has 0 aliphatic rings. The van der Waals surface area contributed by atoms with Crippen LogP contribution in [-0.2, 0) is 6.42 Å². The Balaban J connectivity index is 1.78. The van der Waals surface area contributed by atoms with Crippen molar-refractivity contribution in [2.45, 2.75) is 6.42 Å². The number of thiophene rings is 1. The SMILES string of the molecule is CNc1n[nH]c(NCCc2ccsc2)n1. The monoisotopic (exact) mass is 223 g/mol. The molecule has 0 saturated heterocycles. The number of hydrogen-bond acceptors (Lipinski definition) is 5. The lowest BCUT2D eigenvalue weighted by atomic mass is 10.2. The van der Waals surface area contributed by atoms with Crippen LogP contribution in [0.2, 0.25) is 0 Å². The molecule has 80 valence electrons. The molecular weight excluding hydrogens is 210 g/mol. The number of hydrogen-bond donors (Lipinski definition) is 3. The van der Waals surface area contributed by atoms with E-state index in [1.807, 2.05) is 0 Å². The van der Waals surface area contributed by atoms with Gasteiger partial charge in [0.25, 0.3) is 0 Å². The van der Waals surface area contributed by atoms with E-state index < -0.39 is 0 Å². The molecule has 0 bridgehead atoms. The summed E-state index contributed by atoms with van der Waals surface area (Å²) in [5, 5.41) is 17.0. The van der Waals surface area contributed by atoms with Crippen LogP contribution >= 0.6 is 11.3 Å². The van der Waals surface area contributed by atoms with Gasteiger partial charge in [-0.25, -0.2) is 5.10 Å². The molecule has 2 heterocycles. The number of aromatic nitrogens is 3. The van der Waals surface area contributed by atoms with Crippen molar-refractivity contribution in [1.29, 1.82) is 0 Å². The molecule has 2 aromatic heterocycles. The van der Waals surface area contributed by atoms with Crippen LogP contribution in [0.4, 0.5) is 11.9 Å². The summed E-state index contributed by atoms with van der Waals surface area (Å²) in [6, 6.07) is 2.13. The molecular formula is C9H13N5S. The minimum atomic E-state index is 0.605. The van der Waals surface area contributed by atoms with Gasteiger partial charge in [-0.1, -0.05) is 0 Å². The Morgan fingerprint density at radius 3 is 3.13 bits per heavy atom. The first kappa shape index (κ1) is 9.97. The van der Waals surface area contributed by atoms with Gasteiger partial charge in [0.2, 0.25) is 11.9 Å². The van der Waals surface area contributed by atoms with Gasteiger partial charge in [0.1, 0.15) is 0 Å². The van der Waals surface area contributed by atoms with Crippen LogP contribution in [0.25, 0.3) is 0 Å². The summed E-state index contributed by atoms with van der Waals surface area (Å²) in [5.74, 6) is 1.31. The topological polar surface area (TPSA) is 65.6 Å². The normalized spacial score (nSPS) is 10.2. The first-order chi connectivity index (χ1) is 7.38. The van der Waals surface area contributed by atoms with Crippen molar-refractivity contribution < 1.29 is 0 Å². The first-order valence-corrected chi connectivity index (χ1v) is 5.68. The van der Waals surface area contributed by atoms with Gasteiger partial charge in [-0.2, -0.15) is 16.3 Å². The second-order valence-corrected chi connectivity index (χ2v) is 3.85. The van der Waals surface area contributed by atoms with Crippen LogP contribution < -0.4 is 10.6 Å². The molecule has 3 N–H and O–H groups in total. The highest BCUT2D eigenvalue weighted by Gasteiger charge is 1.99. The van der Waals surface area contributed by atoms with E-state index in [1.54, 1.807) is 18.4 Å². The smallest absolute Gasteiger partial charge is 0.243 e. The van der Waals surface area contributed by atoms with Gasteiger partial charge < -0.3 is 10.6 Å². The van der Waals surface area contributed by atoms with Crippen LogP contribution in [0.15, 0.2) is 16.8 Å². The van der Waals surface area contributed by atoms with Gasteiger partial charge in [0.05, 0.1) is 0 Å². The highest BCUT2D eigenvalue weighted by Crippen LogP contribution is 2.07. The predicted octanol–water partition coefficient (Wildman–Crippen LogP) is 1.56. The van der Waals surface area contributed by atoms with E-state index in [0.717, 1.165) is 13.0 Å². The van der Waals surface area contributed by atoms with Crippen molar-refractivity contribution in [2.24, 2.45) is 0 Å². The molecule has 15 heavy (non-hydrogen) atoms. The van der Waals surface area contributed by atoms with E-state index in [0.29, 0.717) is 11.9 Å². The molecule has 0 unspecified atom stereocenters. The van der Waals surface area contributed by atoms with Gasteiger partial charge in [-0.3, -0.25) is 0 Å². The Morgan fingerprint density at radius 2 is 2.47 bits per heavy atom. The van der Waals surface area contributed by atoms with Gasteiger partial charge in [0.15, 0.2) is 0 Å². The molecule has 0 aromatic carbocycles. The molecule has 5 nitrogen and oxygen atoms in total. The van der Waals surface area contributed by atoms with Crippen molar-refractivity contribution in [2.75, 3.05) is 24.2 Å². The van der Waals surface area contributed by atoms with Crippen LogP contribution in [0.1, 0.15) is 5.56 Å². The molecule has 0 spiro atoms. The summed E-state index contributed by atoms with van der Waals surface area (Å²) in [5.41, 5.74) is 1.35. The Hall–Kier alpha value is -1.56. The van der Waals surface area contributed by atoms with Gasteiger partial charge in [-0.05, 0) is 28.8 Å². The third kappa shape index (κ3) is 2.69. The van der Waals surface area contributed by atoms with Crippen molar-refractivity contribution in [3.05, 3.63) is 22.4 Å². The molecule has 2 aromatic rings. The fraction of sp³-hybridized carbons (Fsp3) is 0.333. The van der Waals surface area contributed by atoms with Crippen molar-refractivity contribution in [1.82, 2.24) is 15.2 Å². The number of anilines is 2. The third-order valence-electron chi connectivity index (χ3n) is 2.00. The Labute approximate surface area is 91.9 Å². The van der Waals surface area contributed by atoms with Crippen molar-refractivity contribution >= 4 is 23.2 Å². The quantitative estimate of drug-likeness (QED) is 0.719. The van der Waals surface area contributed by atoms with E-state index in [4.69, 9.17) is 0 Å². The Kier molecular flexibility index (Phi) is 3.18. The molecule has 0 atom stereocenters. The van der Waals surface area contributed by atoms with E-state index in [2.05, 4.69) is 42.6 Å². The van der Waals surface area contributed by atoms with E-state index in [1.165, 1.54) is 5.56 Å². The molecule has 0 aliphatic heterocycles. The fourth-order valence-corrected chi connectivity index (χ4v) is 1.92. The van der Waals surface area contributed by atoms with E-state index in [-0.39, 0.29) is 0 Å². The van der Waals surface area contributed by atoms with Gasteiger partial charge in [0, 0.05) is 13.6 Å². The van der Waals surface area contributed by atoms with E-state index >= 15 is 0 Å². The average Bonchev–Trinajstić information content (AvgIpc) is 2.88. The summed E-state index contributed by atoms with van der Waals surface area (Å²) < 4.78 is 0. The average molecular weight is 223 g/mol. The zero-order chi connectivity index (χ0) is 10.5. The largest absolute Gasteiger partial charge is 0.356 e. The highest BCUT2D eigenvalue weighted by molar-refractivity contribution is 7.07. The highest BCUT2D eigenvalue weighted by atomic mass is 32.1. The number of nitrogens with zero attached hydrogens (tertiary/aromatic N) is 2. The predicted molar refractivity (Wildman–Crippen MR) is 62.4 cm³/mol.